The van der Waals surface area contributed by atoms with Crippen LogP contribution in [0.15, 0.2) is 48.5 Å². The number of nitro benzene ring substituents is 1. The Morgan fingerprint density at radius 3 is 2.50 bits per heavy atom. The topological polar surface area (TPSA) is 108 Å². The quantitative estimate of drug-likeness (QED) is 0.348. The van der Waals surface area contributed by atoms with Crippen LogP contribution in [0.5, 0.6) is 0 Å². The molecule has 0 saturated carbocycles. The van der Waals surface area contributed by atoms with Gasteiger partial charge in [-0.2, -0.15) is 0 Å². The van der Waals surface area contributed by atoms with Crippen molar-refractivity contribution in [1.29, 1.82) is 0 Å². The summed E-state index contributed by atoms with van der Waals surface area (Å²) < 4.78 is 13.9. The van der Waals surface area contributed by atoms with Crippen LogP contribution in [0.2, 0.25) is 0 Å². The van der Waals surface area contributed by atoms with E-state index in [4.69, 9.17) is 0 Å². The lowest BCUT2D eigenvalue weighted by molar-refractivity contribution is -0.384. The number of carbonyl (C=O) groups excluding carboxylic acids is 2. The summed E-state index contributed by atoms with van der Waals surface area (Å²) in [6.45, 7) is 4.21. The van der Waals surface area contributed by atoms with Crippen molar-refractivity contribution in [3.8, 4) is 0 Å². The lowest BCUT2D eigenvalue weighted by atomic mass is 10.2. The molecular formula is C22H26FN5O4. The number of nitrogens with one attached hydrogen (secondary N) is 2. The number of halogens is 1. The average Bonchev–Trinajstić information content (AvgIpc) is 2.81. The van der Waals surface area contributed by atoms with Gasteiger partial charge in [-0.3, -0.25) is 24.6 Å². The van der Waals surface area contributed by atoms with Crippen molar-refractivity contribution in [2.24, 2.45) is 0 Å². The number of hydrogen-bond donors (Lipinski definition) is 2. The fraction of sp³-hybridized carbons (Fsp3) is 0.364. The van der Waals surface area contributed by atoms with E-state index in [2.05, 4.69) is 15.5 Å². The van der Waals surface area contributed by atoms with E-state index in [1.54, 1.807) is 12.1 Å². The van der Waals surface area contributed by atoms with Gasteiger partial charge in [0, 0.05) is 50.4 Å². The molecule has 9 nitrogen and oxygen atoms in total. The largest absolute Gasteiger partial charge is 0.367 e. The fourth-order valence-electron chi connectivity index (χ4n) is 3.54. The van der Waals surface area contributed by atoms with Gasteiger partial charge in [-0.15, -0.1) is 0 Å². The minimum absolute atomic E-state index is 0.126. The molecule has 2 aromatic rings. The minimum Gasteiger partial charge on any atom is -0.367 e. The maximum atomic E-state index is 13.9. The SMILES string of the molecule is O=C(CNC(=O)c1cccc([N+](=O)[O-])c1)NCCCN1CCN(c2ccccc2F)CC1. The average molecular weight is 443 g/mol. The van der Waals surface area contributed by atoms with Gasteiger partial charge in [-0.25, -0.2) is 4.39 Å². The number of carbonyl (C=O) groups is 2. The molecular weight excluding hydrogens is 417 g/mol. The van der Waals surface area contributed by atoms with Crippen LogP contribution in [-0.2, 0) is 4.79 Å². The normalized spacial score (nSPS) is 14.1. The van der Waals surface area contributed by atoms with Crippen LogP contribution < -0.4 is 15.5 Å². The van der Waals surface area contributed by atoms with Crippen LogP contribution in [0, 0.1) is 15.9 Å². The Morgan fingerprint density at radius 1 is 1.03 bits per heavy atom. The van der Waals surface area contributed by atoms with E-state index in [0.29, 0.717) is 12.2 Å². The molecule has 32 heavy (non-hydrogen) atoms. The highest BCUT2D eigenvalue weighted by Gasteiger charge is 2.19. The molecule has 1 aliphatic heterocycles. The van der Waals surface area contributed by atoms with E-state index < -0.39 is 10.8 Å². The van der Waals surface area contributed by atoms with E-state index in [9.17, 15) is 24.1 Å². The first-order chi connectivity index (χ1) is 15.4. The Hall–Kier alpha value is -3.53. The Labute approximate surface area is 185 Å². The molecule has 0 spiro atoms. The first-order valence-corrected chi connectivity index (χ1v) is 10.5. The van der Waals surface area contributed by atoms with Crippen LogP contribution in [-0.4, -0.2) is 67.5 Å². The number of hydrogen-bond acceptors (Lipinski definition) is 6. The summed E-state index contributed by atoms with van der Waals surface area (Å²) >= 11 is 0. The van der Waals surface area contributed by atoms with Crippen LogP contribution in [0.25, 0.3) is 0 Å². The van der Waals surface area contributed by atoms with Crippen molar-refractivity contribution >= 4 is 23.2 Å². The molecule has 0 atom stereocenters. The highest BCUT2D eigenvalue weighted by molar-refractivity contribution is 5.96. The van der Waals surface area contributed by atoms with Crippen LogP contribution in [0.1, 0.15) is 16.8 Å². The standard InChI is InChI=1S/C22H26FN5O4/c23-19-7-1-2-8-20(19)27-13-11-26(12-14-27)10-4-9-24-21(29)16-25-22(30)17-5-3-6-18(15-17)28(31)32/h1-3,5-8,15H,4,9-14,16H2,(H,24,29)(H,25,30). The summed E-state index contributed by atoms with van der Waals surface area (Å²) in [6, 6.07) is 12.1. The van der Waals surface area contributed by atoms with Crippen LogP contribution in [0.4, 0.5) is 15.8 Å². The number of benzene rings is 2. The van der Waals surface area contributed by atoms with E-state index in [-0.39, 0.29) is 29.5 Å². The predicted octanol–water partition coefficient (Wildman–Crippen LogP) is 1.79. The van der Waals surface area contributed by atoms with Crippen LogP contribution in [0.3, 0.4) is 0 Å². The predicted molar refractivity (Wildman–Crippen MR) is 118 cm³/mol. The summed E-state index contributed by atoms with van der Waals surface area (Å²) in [4.78, 5) is 38.5. The van der Waals surface area contributed by atoms with Gasteiger partial charge in [0.1, 0.15) is 5.82 Å². The van der Waals surface area contributed by atoms with Gasteiger partial charge in [0.25, 0.3) is 11.6 Å². The molecule has 170 valence electrons. The third kappa shape index (κ3) is 6.48. The molecule has 0 aliphatic carbocycles. The van der Waals surface area contributed by atoms with E-state index in [1.165, 1.54) is 30.3 Å². The van der Waals surface area contributed by atoms with Crippen molar-refractivity contribution in [1.82, 2.24) is 15.5 Å². The second-order valence-electron chi connectivity index (χ2n) is 7.47. The van der Waals surface area contributed by atoms with Gasteiger partial charge in [0.05, 0.1) is 17.2 Å². The second kappa shape index (κ2) is 11.2. The summed E-state index contributed by atoms with van der Waals surface area (Å²) in [7, 11) is 0. The summed E-state index contributed by atoms with van der Waals surface area (Å²) in [5.74, 6) is -1.08. The first kappa shape index (κ1) is 23.1. The molecule has 1 aliphatic rings. The summed E-state index contributed by atoms with van der Waals surface area (Å²) in [6.07, 6.45) is 0.754. The highest BCUT2D eigenvalue weighted by Crippen LogP contribution is 2.20. The molecule has 2 amide bonds. The summed E-state index contributed by atoms with van der Waals surface area (Å²) in [5, 5.41) is 16.0. The van der Waals surface area contributed by atoms with E-state index in [1.807, 2.05) is 11.0 Å². The zero-order chi connectivity index (χ0) is 22.9. The molecule has 1 saturated heterocycles. The van der Waals surface area contributed by atoms with Gasteiger partial charge >= 0.3 is 0 Å². The number of amides is 2. The molecule has 1 fully saturated rings. The number of rotatable bonds is 9. The minimum atomic E-state index is -0.580. The molecule has 0 aromatic heterocycles. The third-order valence-electron chi connectivity index (χ3n) is 5.27. The van der Waals surface area contributed by atoms with Crippen molar-refractivity contribution < 1.29 is 18.9 Å². The monoisotopic (exact) mass is 443 g/mol. The molecule has 10 heteroatoms. The lowest BCUT2D eigenvalue weighted by Crippen LogP contribution is -2.47. The fourth-order valence-corrected chi connectivity index (χ4v) is 3.54. The Bertz CT molecular complexity index is 963. The number of nitro groups is 1. The number of non-ortho nitro benzene ring substituents is 1. The van der Waals surface area contributed by atoms with E-state index >= 15 is 0 Å². The molecule has 2 aromatic carbocycles. The number of anilines is 1. The number of piperazine rings is 1. The van der Waals surface area contributed by atoms with Gasteiger partial charge in [-0.1, -0.05) is 18.2 Å². The number of nitrogens with zero attached hydrogens (tertiary/aromatic N) is 3. The van der Waals surface area contributed by atoms with Crippen molar-refractivity contribution in [3.05, 3.63) is 70.0 Å². The Balaban J connectivity index is 1.30. The second-order valence-corrected chi connectivity index (χ2v) is 7.47. The zero-order valence-corrected chi connectivity index (χ0v) is 17.6. The molecule has 0 unspecified atom stereocenters. The van der Waals surface area contributed by atoms with Crippen LogP contribution >= 0.6 is 0 Å². The number of para-hydroxylation sites is 1. The van der Waals surface area contributed by atoms with Crippen molar-refractivity contribution in [3.63, 3.8) is 0 Å². The highest BCUT2D eigenvalue weighted by atomic mass is 19.1. The Kier molecular flexibility index (Phi) is 8.09. The third-order valence-corrected chi connectivity index (χ3v) is 5.27. The lowest BCUT2D eigenvalue weighted by Gasteiger charge is -2.36. The molecule has 0 bridgehead atoms. The van der Waals surface area contributed by atoms with Crippen molar-refractivity contribution in [2.75, 3.05) is 50.7 Å². The maximum Gasteiger partial charge on any atom is 0.270 e. The van der Waals surface area contributed by atoms with E-state index in [0.717, 1.165) is 39.1 Å². The van der Waals surface area contributed by atoms with Gasteiger partial charge in [0.15, 0.2) is 0 Å². The van der Waals surface area contributed by atoms with Gasteiger partial charge < -0.3 is 15.5 Å². The van der Waals surface area contributed by atoms with Crippen molar-refractivity contribution in [2.45, 2.75) is 6.42 Å². The zero-order valence-electron chi connectivity index (χ0n) is 17.6. The molecule has 1 heterocycles. The Morgan fingerprint density at radius 2 is 1.78 bits per heavy atom. The molecule has 3 rings (SSSR count). The van der Waals surface area contributed by atoms with Gasteiger partial charge in [-0.05, 0) is 31.2 Å². The first-order valence-electron chi connectivity index (χ1n) is 10.5. The summed E-state index contributed by atoms with van der Waals surface area (Å²) in [5.41, 5.74) is 0.574. The maximum absolute atomic E-state index is 13.9. The molecule has 2 N–H and O–H groups in total. The van der Waals surface area contributed by atoms with Gasteiger partial charge in [0.2, 0.25) is 5.91 Å². The smallest absolute Gasteiger partial charge is 0.270 e. The molecule has 0 radical (unpaired) electrons.